The molecule has 2 aliphatic carbocycles. The fourth-order valence-electron chi connectivity index (χ4n) is 2.56. The minimum Gasteiger partial charge on any atom is -0.353 e. The molecule has 0 heterocycles. The van der Waals surface area contributed by atoms with Gasteiger partial charge in [0.1, 0.15) is 0 Å². The lowest BCUT2D eigenvalue weighted by atomic mass is 9.91. The molecule has 0 spiro atoms. The van der Waals surface area contributed by atoms with Crippen molar-refractivity contribution in [2.75, 3.05) is 0 Å². The van der Waals surface area contributed by atoms with Gasteiger partial charge in [-0.25, -0.2) is 0 Å². The van der Waals surface area contributed by atoms with Crippen LogP contribution in [0.3, 0.4) is 0 Å². The molecule has 0 aromatic heterocycles. The summed E-state index contributed by atoms with van der Waals surface area (Å²) in [5, 5.41) is 3.11. The first-order valence-electron chi connectivity index (χ1n) is 7.28. The quantitative estimate of drug-likeness (QED) is 0.871. The molecule has 0 bridgehead atoms. The van der Waals surface area contributed by atoms with E-state index in [1.807, 2.05) is 19.1 Å². The van der Waals surface area contributed by atoms with Gasteiger partial charge in [0.05, 0.1) is 5.92 Å². The van der Waals surface area contributed by atoms with Crippen LogP contribution in [0.25, 0.3) is 0 Å². The molecule has 1 aromatic carbocycles. The van der Waals surface area contributed by atoms with E-state index >= 15 is 0 Å². The average molecular weight is 258 g/mol. The van der Waals surface area contributed by atoms with Crippen LogP contribution >= 0.6 is 0 Å². The molecule has 3 rings (SSSR count). The zero-order valence-corrected chi connectivity index (χ0v) is 11.5. The number of hydrogen-bond donors (Lipinski definition) is 2. The summed E-state index contributed by atoms with van der Waals surface area (Å²) in [5.74, 6) is 0.0638. The molecule has 2 aliphatic rings. The van der Waals surface area contributed by atoms with E-state index in [4.69, 9.17) is 5.73 Å². The Hall–Kier alpha value is -1.35. The Labute approximate surface area is 114 Å². The molecule has 3 nitrogen and oxygen atoms in total. The van der Waals surface area contributed by atoms with Crippen LogP contribution in [0, 0.1) is 0 Å². The lowest BCUT2D eigenvalue weighted by Crippen LogP contribution is -2.41. The third-order valence-corrected chi connectivity index (χ3v) is 4.62. The second-order valence-corrected chi connectivity index (χ2v) is 6.14. The van der Waals surface area contributed by atoms with E-state index in [0.717, 1.165) is 31.2 Å². The Morgan fingerprint density at radius 1 is 1.32 bits per heavy atom. The Bertz CT molecular complexity index is 472. The number of hydrogen-bond acceptors (Lipinski definition) is 2. The van der Waals surface area contributed by atoms with Gasteiger partial charge in [0.2, 0.25) is 5.91 Å². The molecule has 0 radical (unpaired) electrons. The smallest absolute Gasteiger partial charge is 0.227 e. The van der Waals surface area contributed by atoms with Crippen molar-refractivity contribution in [1.29, 1.82) is 0 Å². The van der Waals surface area contributed by atoms with Crippen molar-refractivity contribution in [2.24, 2.45) is 5.73 Å². The van der Waals surface area contributed by atoms with Crippen LogP contribution in [0.1, 0.15) is 56.1 Å². The zero-order valence-electron chi connectivity index (χ0n) is 11.5. The molecule has 0 aliphatic heterocycles. The average Bonchev–Trinajstić information content (AvgIpc) is 3.12. The largest absolute Gasteiger partial charge is 0.353 e. The molecule has 3 heteroatoms. The van der Waals surface area contributed by atoms with Gasteiger partial charge >= 0.3 is 0 Å². The number of nitrogens with one attached hydrogen (secondary N) is 1. The number of amides is 1. The van der Waals surface area contributed by atoms with Gasteiger partial charge in [0.15, 0.2) is 0 Å². The zero-order chi connectivity index (χ0) is 13.5. The molecule has 1 aromatic rings. The maximum absolute atomic E-state index is 12.1. The van der Waals surface area contributed by atoms with Gasteiger partial charge in [-0.15, -0.1) is 0 Å². The van der Waals surface area contributed by atoms with Gasteiger partial charge in [0.25, 0.3) is 0 Å². The third kappa shape index (κ3) is 2.52. The van der Waals surface area contributed by atoms with Crippen molar-refractivity contribution < 1.29 is 4.79 Å². The minimum atomic E-state index is -0.0873. The number of carbonyl (C=O) groups excluding carboxylic acids is 1. The van der Waals surface area contributed by atoms with Gasteiger partial charge in [0, 0.05) is 11.6 Å². The Morgan fingerprint density at radius 2 is 1.95 bits per heavy atom. The van der Waals surface area contributed by atoms with Crippen molar-refractivity contribution in [2.45, 2.75) is 56.5 Å². The topological polar surface area (TPSA) is 55.1 Å². The standard InChI is InChI=1S/C16H22N2O/c1-11(15(19)18-14-3-2-4-14)12-5-7-13(8-6-12)16(17)9-10-16/h5-8,11,14H,2-4,9-10,17H2,1H3,(H,18,19). The second kappa shape index (κ2) is 4.64. The third-order valence-electron chi connectivity index (χ3n) is 4.62. The molecule has 19 heavy (non-hydrogen) atoms. The Morgan fingerprint density at radius 3 is 2.42 bits per heavy atom. The van der Waals surface area contributed by atoms with Gasteiger partial charge in [-0.3, -0.25) is 4.79 Å². The fraction of sp³-hybridized carbons (Fsp3) is 0.562. The van der Waals surface area contributed by atoms with Crippen LogP contribution in [-0.2, 0) is 10.3 Å². The van der Waals surface area contributed by atoms with Gasteiger partial charge in [-0.2, -0.15) is 0 Å². The molecule has 1 atom stereocenters. The van der Waals surface area contributed by atoms with E-state index in [2.05, 4.69) is 17.4 Å². The first-order valence-corrected chi connectivity index (χ1v) is 7.28. The van der Waals surface area contributed by atoms with Crippen molar-refractivity contribution >= 4 is 5.91 Å². The normalized spacial score (nSPS) is 22.4. The summed E-state index contributed by atoms with van der Waals surface area (Å²) in [6, 6.07) is 8.67. The summed E-state index contributed by atoms with van der Waals surface area (Å²) in [4.78, 5) is 12.1. The molecule has 0 saturated heterocycles. The van der Waals surface area contributed by atoms with Crippen molar-refractivity contribution in [1.82, 2.24) is 5.32 Å². The predicted molar refractivity (Wildman–Crippen MR) is 75.7 cm³/mol. The number of rotatable bonds is 4. The van der Waals surface area contributed by atoms with Crippen molar-refractivity contribution in [3.05, 3.63) is 35.4 Å². The molecule has 2 saturated carbocycles. The first-order chi connectivity index (χ1) is 9.08. The molecule has 3 N–H and O–H groups in total. The van der Waals surface area contributed by atoms with Crippen LogP contribution in [-0.4, -0.2) is 11.9 Å². The van der Waals surface area contributed by atoms with Crippen LogP contribution in [0.15, 0.2) is 24.3 Å². The van der Waals surface area contributed by atoms with Gasteiger partial charge in [-0.05, 0) is 50.2 Å². The number of benzene rings is 1. The van der Waals surface area contributed by atoms with E-state index in [1.54, 1.807) is 0 Å². The highest BCUT2D eigenvalue weighted by Crippen LogP contribution is 2.42. The molecule has 1 amide bonds. The maximum Gasteiger partial charge on any atom is 0.227 e. The summed E-state index contributed by atoms with van der Waals surface area (Å²) >= 11 is 0. The van der Waals surface area contributed by atoms with E-state index in [1.165, 1.54) is 12.0 Å². The summed E-state index contributed by atoms with van der Waals surface area (Å²) in [6.45, 7) is 1.97. The molecule has 102 valence electrons. The van der Waals surface area contributed by atoms with Crippen LogP contribution < -0.4 is 11.1 Å². The van der Waals surface area contributed by atoms with E-state index in [0.29, 0.717) is 6.04 Å². The Balaban J connectivity index is 1.65. The summed E-state index contributed by atoms with van der Waals surface area (Å²) < 4.78 is 0. The van der Waals surface area contributed by atoms with Crippen molar-refractivity contribution in [3.63, 3.8) is 0 Å². The predicted octanol–water partition coefficient (Wildman–Crippen LogP) is 2.41. The highest BCUT2D eigenvalue weighted by molar-refractivity contribution is 5.83. The number of nitrogens with two attached hydrogens (primary N) is 1. The lowest BCUT2D eigenvalue weighted by molar-refractivity contribution is -0.123. The van der Waals surface area contributed by atoms with Crippen LogP contribution in [0.2, 0.25) is 0 Å². The lowest BCUT2D eigenvalue weighted by Gasteiger charge is -2.28. The van der Waals surface area contributed by atoms with E-state index < -0.39 is 0 Å². The highest BCUT2D eigenvalue weighted by atomic mass is 16.1. The van der Waals surface area contributed by atoms with Crippen molar-refractivity contribution in [3.8, 4) is 0 Å². The SMILES string of the molecule is CC(C(=O)NC1CCC1)c1ccc(C2(N)CC2)cc1. The Kier molecular flexibility index (Phi) is 3.09. The minimum absolute atomic E-state index is 0.0809. The van der Waals surface area contributed by atoms with E-state index in [9.17, 15) is 4.79 Å². The van der Waals surface area contributed by atoms with Crippen LogP contribution in [0.4, 0.5) is 0 Å². The summed E-state index contributed by atoms with van der Waals surface area (Å²) in [6.07, 6.45) is 5.65. The summed E-state index contributed by atoms with van der Waals surface area (Å²) in [5.41, 5.74) is 8.35. The van der Waals surface area contributed by atoms with Gasteiger partial charge < -0.3 is 11.1 Å². The van der Waals surface area contributed by atoms with E-state index in [-0.39, 0.29) is 17.4 Å². The number of carbonyl (C=O) groups is 1. The van der Waals surface area contributed by atoms with Gasteiger partial charge in [-0.1, -0.05) is 24.3 Å². The highest BCUT2D eigenvalue weighted by Gasteiger charge is 2.39. The fourth-order valence-corrected chi connectivity index (χ4v) is 2.56. The first kappa shape index (κ1) is 12.7. The summed E-state index contributed by atoms with van der Waals surface area (Å²) in [7, 11) is 0. The maximum atomic E-state index is 12.1. The molecular weight excluding hydrogens is 236 g/mol. The monoisotopic (exact) mass is 258 g/mol. The molecule has 2 fully saturated rings. The second-order valence-electron chi connectivity index (χ2n) is 6.14. The molecular formula is C16H22N2O. The molecule has 1 unspecified atom stereocenters. The van der Waals surface area contributed by atoms with Crippen LogP contribution in [0.5, 0.6) is 0 Å².